The first-order valence-corrected chi connectivity index (χ1v) is 8.05. The molecule has 1 heterocycles. The van der Waals surface area contributed by atoms with Crippen molar-refractivity contribution < 1.29 is 19.8 Å². The third kappa shape index (κ3) is 3.39. The number of aliphatic carboxylic acids is 1. The zero-order chi connectivity index (χ0) is 17.3. The molecule has 2 N–H and O–H groups in total. The Morgan fingerprint density at radius 2 is 1.70 bits per heavy atom. The standard InChI is InChI=1S/C18H25NO4/c1-4-13-5-7-14(8-6-13)17(2,3)15(20)19-11-9-18(23,10-12-19)16(21)22/h5-8,23H,4,9-12H2,1-3H3,(H,21,22). The Bertz CT molecular complexity index is 584. The van der Waals surface area contributed by atoms with Crippen LogP contribution in [-0.2, 0) is 21.4 Å². The van der Waals surface area contributed by atoms with Gasteiger partial charge in [0.25, 0.3) is 0 Å². The summed E-state index contributed by atoms with van der Waals surface area (Å²) in [7, 11) is 0. The summed E-state index contributed by atoms with van der Waals surface area (Å²) in [6, 6.07) is 8.02. The topological polar surface area (TPSA) is 77.8 Å². The summed E-state index contributed by atoms with van der Waals surface area (Å²) in [5, 5.41) is 19.0. The zero-order valence-electron chi connectivity index (χ0n) is 14.0. The fraction of sp³-hybridized carbons (Fsp3) is 0.556. The van der Waals surface area contributed by atoms with Gasteiger partial charge in [0, 0.05) is 25.9 Å². The van der Waals surface area contributed by atoms with Crippen LogP contribution in [-0.4, -0.2) is 45.7 Å². The molecule has 2 rings (SSSR count). The fourth-order valence-corrected chi connectivity index (χ4v) is 2.97. The van der Waals surface area contributed by atoms with Crippen LogP contribution in [0, 0.1) is 0 Å². The lowest BCUT2D eigenvalue weighted by Crippen LogP contribution is -2.54. The van der Waals surface area contributed by atoms with Gasteiger partial charge in [-0.25, -0.2) is 4.79 Å². The molecule has 126 valence electrons. The summed E-state index contributed by atoms with van der Waals surface area (Å²) in [5.41, 5.74) is -0.213. The van der Waals surface area contributed by atoms with Gasteiger partial charge in [-0.2, -0.15) is 0 Å². The Kier molecular flexibility index (Phi) is 4.80. The number of aliphatic hydroxyl groups is 1. The van der Waals surface area contributed by atoms with E-state index in [4.69, 9.17) is 5.11 Å². The number of rotatable bonds is 4. The van der Waals surface area contributed by atoms with Crippen molar-refractivity contribution in [1.29, 1.82) is 0 Å². The molecule has 1 aromatic rings. The van der Waals surface area contributed by atoms with E-state index in [1.54, 1.807) is 4.90 Å². The third-order valence-corrected chi connectivity index (χ3v) is 4.89. The second-order valence-corrected chi connectivity index (χ2v) is 6.80. The van der Waals surface area contributed by atoms with Crippen LogP contribution in [0.15, 0.2) is 24.3 Å². The summed E-state index contributed by atoms with van der Waals surface area (Å²) in [5.74, 6) is -1.24. The number of aryl methyl sites for hydroxylation is 1. The lowest BCUT2D eigenvalue weighted by Gasteiger charge is -2.39. The highest BCUT2D eigenvalue weighted by Gasteiger charge is 2.43. The summed E-state index contributed by atoms with van der Waals surface area (Å²) in [4.78, 5) is 25.6. The highest BCUT2D eigenvalue weighted by atomic mass is 16.4. The average Bonchev–Trinajstić information content (AvgIpc) is 2.54. The monoisotopic (exact) mass is 319 g/mol. The van der Waals surface area contributed by atoms with E-state index in [0.29, 0.717) is 0 Å². The van der Waals surface area contributed by atoms with Gasteiger partial charge in [-0.1, -0.05) is 31.2 Å². The molecule has 5 nitrogen and oxygen atoms in total. The molecule has 0 aromatic heterocycles. The van der Waals surface area contributed by atoms with E-state index in [-0.39, 0.29) is 31.8 Å². The molecule has 1 aliphatic heterocycles. The van der Waals surface area contributed by atoms with Crippen molar-refractivity contribution in [3.63, 3.8) is 0 Å². The highest BCUT2D eigenvalue weighted by molar-refractivity contribution is 5.88. The van der Waals surface area contributed by atoms with Crippen molar-refractivity contribution in [3.8, 4) is 0 Å². The third-order valence-electron chi connectivity index (χ3n) is 4.89. The van der Waals surface area contributed by atoms with Gasteiger partial charge in [-0.3, -0.25) is 4.79 Å². The minimum Gasteiger partial charge on any atom is -0.479 e. The van der Waals surface area contributed by atoms with Crippen molar-refractivity contribution in [2.45, 2.75) is 51.0 Å². The largest absolute Gasteiger partial charge is 0.479 e. The second kappa shape index (κ2) is 6.32. The van der Waals surface area contributed by atoms with E-state index >= 15 is 0 Å². The molecule has 23 heavy (non-hydrogen) atoms. The van der Waals surface area contributed by atoms with Crippen molar-refractivity contribution in [1.82, 2.24) is 4.90 Å². The first kappa shape index (κ1) is 17.5. The smallest absolute Gasteiger partial charge is 0.335 e. The minimum absolute atomic E-state index is 0.0332. The SMILES string of the molecule is CCc1ccc(C(C)(C)C(=O)N2CCC(O)(C(=O)O)CC2)cc1. The molecule has 0 unspecified atom stereocenters. The molecule has 1 fully saturated rings. The number of carbonyl (C=O) groups is 2. The maximum atomic E-state index is 12.9. The normalized spacial score (nSPS) is 17.8. The predicted octanol–water partition coefficient (Wildman–Crippen LogP) is 1.96. The Morgan fingerprint density at radius 1 is 1.17 bits per heavy atom. The van der Waals surface area contributed by atoms with Crippen molar-refractivity contribution in [2.24, 2.45) is 0 Å². The van der Waals surface area contributed by atoms with Gasteiger partial charge in [0.05, 0.1) is 5.41 Å². The van der Waals surface area contributed by atoms with E-state index in [0.717, 1.165) is 12.0 Å². The average molecular weight is 319 g/mol. The molecule has 0 saturated carbocycles. The van der Waals surface area contributed by atoms with Gasteiger partial charge in [0.15, 0.2) is 5.60 Å². The van der Waals surface area contributed by atoms with Crippen LogP contribution in [0.5, 0.6) is 0 Å². The van der Waals surface area contributed by atoms with E-state index in [1.165, 1.54) is 5.56 Å². The quantitative estimate of drug-likeness (QED) is 0.889. The van der Waals surface area contributed by atoms with E-state index in [1.807, 2.05) is 38.1 Å². The first-order chi connectivity index (χ1) is 10.7. The zero-order valence-corrected chi connectivity index (χ0v) is 14.0. The Hall–Kier alpha value is -1.88. The maximum Gasteiger partial charge on any atom is 0.335 e. The number of carboxylic acids is 1. The van der Waals surface area contributed by atoms with Crippen LogP contribution in [0.4, 0.5) is 0 Å². The number of piperidine rings is 1. The van der Waals surface area contributed by atoms with Gasteiger partial charge >= 0.3 is 5.97 Å². The molecule has 0 aliphatic carbocycles. The highest BCUT2D eigenvalue weighted by Crippen LogP contribution is 2.30. The van der Waals surface area contributed by atoms with Gasteiger partial charge in [-0.15, -0.1) is 0 Å². The summed E-state index contributed by atoms with van der Waals surface area (Å²) in [6.07, 6.45) is 1.09. The summed E-state index contributed by atoms with van der Waals surface area (Å²) in [6.45, 7) is 6.38. The molecule has 0 bridgehead atoms. The fourth-order valence-electron chi connectivity index (χ4n) is 2.97. The van der Waals surface area contributed by atoms with Crippen LogP contribution in [0.25, 0.3) is 0 Å². The Morgan fingerprint density at radius 3 is 2.13 bits per heavy atom. The van der Waals surface area contributed by atoms with E-state index in [2.05, 4.69) is 6.92 Å². The van der Waals surface area contributed by atoms with Gasteiger partial charge in [-0.05, 0) is 31.4 Å². The maximum absolute atomic E-state index is 12.9. The molecule has 0 spiro atoms. The molecule has 0 radical (unpaired) electrons. The molecule has 1 aliphatic rings. The molecule has 1 amide bonds. The lowest BCUT2D eigenvalue weighted by molar-refractivity contribution is -0.166. The number of hydrogen-bond donors (Lipinski definition) is 2. The molecule has 1 saturated heterocycles. The molecular weight excluding hydrogens is 294 g/mol. The number of benzene rings is 1. The summed E-state index contributed by atoms with van der Waals surface area (Å²) >= 11 is 0. The van der Waals surface area contributed by atoms with Crippen LogP contribution in [0.2, 0.25) is 0 Å². The number of carbonyl (C=O) groups excluding carboxylic acids is 1. The van der Waals surface area contributed by atoms with Crippen LogP contribution in [0.3, 0.4) is 0 Å². The molecule has 0 atom stereocenters. The Labute approximate surface area is 136 Å². The van der Waals surface area contributed by atoms with Crippen LogP contribution < -0.4 is 0 Å². The number of hydrogen-bond acceptors (Lipinski definition) is 3. The van der Waals surface area contributed by atoms with Gasteiger partial charge < -0.3 is 15.1 Å². The Balaban J connectivity index is 2.11. The molecular formula is C18H25NO4. The van der Waals surface area contributed by atoms with E-state index in [9.17, 15) is 14.7 Å². The first-order valence-electron chi connectivity index (χ1n) is 8.05. The van der Waals surface area contributed by atoms with Crippen LogP contribution in [0.1, 0.15) is 44.7 Å². The number of likely N-dealkylation sites (tertiary alicyclic amines) is 1. The molecule has 1 aromatic carbocycles. The van der Waals surface area contributed by atoms with Gasteiger partial charge in [0.2, 0.25) is 5.91 Å². The van der Waals surface area contributed by atoms with Crippen LogP contribution >= 0.6 is 0 Å². The minimum atomic E-state index is -1.70. The molecule has 5 heteroatoms. The summed E-state index contributed by atoms with van der Waals surface area (Å²) < 4.78 is 0. The second-order valence-electron chi connectivity index (χ2n) is 6.80. The number of carboxylic acid groups (broad SMARTS) is 1. The number of amides is 1. The lowest BCUT2D eigenvalue weighted by atomic mass is 9.81. The van der Waals surface area contributed by atoms with Crippen molar-refractivity contribution in [3.05, 3.63) is 35.4 Å². The van der Waals surface area contributed by atoms with Crippen molar-refractivity contribution in [2.75, 3.05) is 13.1 Å². The van der Waals surface area contributed by atoms with Crippen molar-refractivity contribution >= 4 is 11.9 Å². The predicted molar refractivity (Wildman–Crippen MR) is 87.2 cm³/mol. The number of nitrogens with zero attached hydrogens (tertiary/aromatic N) is 1. The van der Waals surface area contributed by atoms with Gasteiger partial charge in [0.1, 0.15) is 0 Å². The van der Waals surface area contributed by atoms with E-state index < -0.39 is 17.0 Å².